The second kappa shape index (κ2) is 4.67. The van der Waals surface area contributed by atoms with Crippen molar-refractivity contribution >= 4 is 11.7 Å². The summed E-state index contributed by atoms with van der Waals surface area (Å²) in [4.78, 5) is 21.4. The summed E-state index contributed by atoms with van der Waals surface area (Å²) < 4.78 is 5.06. The molecule has 2 rings (SSSR count). The summed E-state index contributed by atoms with van der Waals surface area (Å²) in [6.07, 6.45) is 1.21. The number of hydrogen-bond acceptors (Lipinski definition) is 4. The van der Waals surface area contributed by atoms with Crippen LogP contribution in [0.5, 0.6) is 0 Å². The van der Waals surface area contributed by atoms with Crippen molar-refractivity contribution in [2.45, 2.75) is 0 Å². The predicted molar refractivity (Wildman–Crippen MR) is 65.3 cm³/mol. The molecule has 90 valence electrons. The van der Waals surface area contributed by atoms with Gasteiger partial charge in [-0.15, -0.1) is 0 Å². The van der Waals surface area contributed by atoms with E-state index in [-0.39, 0.29) is 11.7 Å². The number of allylic oxidation sites excluding steroid dienone is 1. The maximum Gasteiger partial charge on any atom is 0.433 e. The lowest BCUT2D eigenvalue weighted by molar-refractivity contribution is -0.401. The van der Waals surface area contributed by atoms with Crippen molar-refractivity contribution < 1.29 is 14.1 Å². The fourth-order valence-corrected chi connectivity index (χ4v) is 1.52. The van der Waals surface area contributed by atoms with Crippen LogP contribution < -0.4 is 0 Å². The smallest absolute Gasteiger partial charge is 0.401 e. The zero-order valence-corrected chi connectivity index (χ0v) is 9.33. The van der Waals surface area contributed by atoms with Gasteiger partial charge in [0.15, 0.2) is 5.78 Å². The van der Waals surface area contributed by atoms with Gasteiger partial charge in [-0.25, -0.2) is 0 Å². The van der Waals surface area contributed by atoms with Gasteiger partial charge in [-0.3, -0.25) is 14.9 Å². The molecule has 5 nitrogen and oxygen atoms in total. The van der Waals surface area contributed by atoms with Gasteiger partial charge in [0.2, 0.25) is 0 Å². The average molecular weight is 243 g/mol. The van der Waals surface area contributed by atoms with Gasteiger partial charge in [0.25, 0.3) is 0 Å². The van der Waals surface area contributed by atoms with Crippen LogP contribution in [0.25, 0.3) is 11.3 Å². The van der Waals surface area contributed by atoms with Crippen molar-refractivity contribution in [3.63, 3.8) is 0 Å². The summed E-state index contributed by atoms with van der Waals surface area (Å²) in [5, 5.41) is 10.5. The number of carbonyl (C=O) groups excluding carboxylic acids is 1. The second-order valence-corrected chi connectivity index (χ2v) is 3.54. The molecular formula is C13H9NO4. The number of nitro groups is 1. The summed E-state index contributed by atoms with van der Waals surface area (Å²) in [5.74, 6) is -0.191. The number of hydrogen-bond donors (Lipinski definition) is 0. The first-order valence-corrected chi connectivity index (χ1v) is 5.13. The largest absolute Gasteiger partial charge is 0.433 e. The minimum atomic E-state index is -0.609. The van der Waals surface area contributed by atoms with E-state index in [4.69, 9.17) is 4.42 Å². The van der Waals surface area contributed by atoms with E-state index in [1.807, 2.05) is 0 Å². The van der Waals surface area contributed by atoms with Gasteiger partial charge in [0.1, 0.15) is 10.7 Å². The van der Waals surface area contributed by atoms with Crippen LogP contribution in [0.2, 0.25) is 0 Å². The Morgan fingerprint density at radius 2 is 2.11 bits per heavy atom. The first-order valence-electron chi connectivity index (χ1n) is 5.13. The van der Waals surface area contributed by atoms with Gasteiger partial charge < -0.3 is 4.42 Å². The maximum atomic E-state index is 11.5. The summed E-state index contributed by atoms with van der Waals surface area (Å²) >= 11 is 0. The lowest BCUT2D eigenvalue weighted by Gasteiger charge is -1.99. The summed E-state index contributed by atoms with van der Waals surface area (Å²) in [5.41, 5.74) is 1.07. The molecule has 0 amide bonds. The van der Waals surface area contributed by atoms with E-state index >= 15 is 0 Å². The zero-order valence-electron chi connectivity index (χ0n) is 9.33. The highest BCUT2D eigenvalue weighted by atomic mass is 16.6. The van der Waals surface area contributed by atoms with Crippen LogP contribution in [0.3, 0.4) is 0 Å². The van der Waals surface area contributed by atoms with Gasteiger partial charge in [-0.05, 0) is 18.2 Å². The van der Waals surface area contributed by atoms with Crippen molar-refractivity contribution in [3.8, 4) is 11.3 Å². The quantitative estimate of drug-likeness (QED) is 0.357. The molecule has 1 aromatic heterocycles. The number of benzene rings is 1. The van der Waals surface area contributed by atoms with Crippen LogP contribution in [-0.4, -0.2) is 10.7 Å². The van der Waals surface area contributed by atoms with E-state index in [1.54, 1.807) is 24.3 Å². The highest BCUT2D eigenvalue weighted by Crippen LogP contribution is 2.26. The molecule has 0 saturated carbocycles. The Kier molecular flexibility index (Phi) is 3.05. The normalized spacial score (nSPS) is 10.0. The van der Waals surface area contributed by atoms with E-state index in [9.17, 15) is 14.9 Å². The van der Waals surface area contributed by atoms with Gasteiger partial charge >= 0.3 is 5.88 Å². The second-order valence-electron chi connectivity index (χ2n) is 3.54. The topological polar surface area (TPSA) is 73.3 Å². The first-order chi connectivity index (χ1) is 8.61. The number of carbonyl (C=O) groups is 1. The molecule has 0 spiro atoms. The third kappa shape index (κ3) is 2.20. The van der Waals surface area contributed by atoms with Crippen LogP contribution in [0.4, 0.5) is 5.88 Å². The molecule has 0 atom stereocenters. The van der Waals surface area contributed by atoms with Crippen LogP contribution in [-0.2, 0) is 0 Å². The van der Waals surface area contributed by atoms with Crippen molar-refractivity contribution in [2.24, 2.45) is 0 Å². The molecule has 0 unspecified atom stereocenters. The minimum Gasteiger partial charge on any atom is -0.401 e. The van der Waals surface area contributed by atoms with E-state index in [0.717, 1.165) is 0 Å². The summed E-state index contributed by atoms with van der Waals surface area (Å²) in [7, 11) is 0. The third-order valence-corrected chi connectivity index (χ3v) is 2.39. The highest BCUT2D eigenvalue weighted by Gasteiger charge is 2.13. The van der Waals surface area contributed by atoms with Crippen molar-refractivity contribution in [1.82, 2.24) is 0 Å². The highest BCUT2D eigenvalue weighted by molar-refractivity contribution is 6.04. The number of ketones is 1. The van der Waals surface area contributed by atoms with Gasteiger partial charge in [-0.2, -0.15) is 0 Å². The molecular weight excluding hydrogens is 234 g/mol. The molecule has 0 N–H and O–H groups in total. The molecule has 1 aromatic carbocycles. The number of furan rings is 1. The zero-order chi connectivity index (χ0) is 13.1. The SMILES string of the molecule is C=CC(=O)c1cccc(-c2ccc([N+](=O)[O-])o2)c1. The molecule has 2 aromatic rings. The van der Waals surface area contributed by atoms with E-state index in [0.29, 0.717) is 16.9 Å². The van der Waals surface area contributed by atoms with Crippen molar-refractivity contribution in [2.75, 3.05) is 0 Å². The Bertz CT molecular complexity index is 627. The fourth-order valence-electron chi connectivity index (χ4n) is 1.52. The summed E-state index contributed by atoms with van der Waals surface area (Å²) in [6, 6.07) is 9.41. The van der Waals surface area contributed by atoms with Gasteiger partial charge in [-0.1, -0.05) is 24.8 Å². The lowest BCUT2D eigenvalue weighted by atomic mass is 10.1. The molecule has 0 aliphatic carbocycles. The van der Waals surface area contributed by atoms with Gasteiger partial charge in [0, 0.05) is 11.1 Å². The standard InChI is InChI=1S/C13H9NO4/c1-2-11(15)9-4-3-5-10(8-9)12-6-7-13(18-12)14(16)17/h2-8H,1H2. The average Bonchev–Trinajstić information content (AvgIpc) is 2.88. The molecule has 0 aliphatic heterocycles. The lowest BCUT2D eigenvalue weighted by Crippen LogP contribution is -1.93. The molecule has 0 radical (unpaired) electrons. The molecule has 0 aliphatic rings. The Labute approximate surface area is 103 Å². The molecule has 1 heterocycles. The number of nitrogens with zero attached hydrogens (tertiary/aromatic N) is 1. The number of rotatable bonds is 4. The Morgan fingerprint density at radius 3 is 2.72 bits per heavy atom. The molecule has 18 heavy (non-hydrogen) atoms. The molecule has 0 fully saturated rings. The van der Waals surface area contributed by atoms with Gasteiger partial charge in [0.05, 0.1) is 6.07 Å². The Morgan fingerprint density at radius 1 is 1.33 bits per heavy atom. The van der Waals surface area contributed by atoms with Crippen LogP contribution in [0.1, 0.15) is 10.4 Å². The fraction of sp³-hybridized carbons (Fsp3) is 0. The third-order valence-electron chi connectivity index (χ3n) is 2.39. The maximum absolute atomic E-state index is 11.5. The Hall–Kier alpha value is -2.69. The summed E-state index contributed by atoms with van der Waals surface area (Å²) in [6.45, 7) is 3.40. The van der Waals surface area contributed by atoms with Crippen molar-refractivity contribution in [1.29, 1.82) is 0 Å². The van der Waals surface area contributed by atoms with E-state index < -0.39 is 4.92 Å². The van der Waals surface area contributed by atoms with Crippen LogP contribution in [0, 0.1) is 10.1 Å². The van der Waals surface area contributed by atoms with Crippen LogP contribution >= 0.6 is 0 Å². The van der Waals surface area contributed by atoms with Crippen molar-refractivity contribution in [3.05, 3.63) is 64.7 Å². The first kappa shape index (κ1) is 11.8. The molecule has 0 bridgehead atoms. The van der Waals surface area contributed by atoms with Crippen LogP contribution in [0.15, 0.2) is 53.5 Å². The monoisotopic (exact) mass is 243 g/mol. The molecule has 0 saturated heterocycles. The molecule has 5 heteroatoms. The minimum absolute atomic E-state index is 0.210. The predicted octanol–water partition coefficient (Wildman–Crippen LogP) is 3.22. The Balaban J connectivity index is 2.41. The van der Waals surface area contributed by atoms with E-state index in [1.165, 1.54) is 18.2 Å². The van der Waals surface area contributed by atoms with E-state index in [2.05, 4.69) is 6.58 Å².